The zero-order chi connectivity index (χ0) is 16.0. The summed E-state index contributed by atoms with van der Waals surface area (Å²) < 4.78 is 27.3. The van der Waals surface area contributed by atoms with Gasteiger partial charge in [-0.25, -0.2) is 13.1 Å². The summed E-state index contributed by atoms with van der Waals surface area (Å²) in [5.41, 5.74) is 0. The molecule has 1 saturated heterocycles. The van der Waals surface area contributed by atoms with E-state index in [9.17, 15) is 13.2 Å². The lowest BCUT2D eigenvalue weighted by atomic mass is 10.1. The molecule has 0 aliphatic carbocycles. The van der Waals surface area contributed by atoms with Gasteiger partial charge in [-0.05, 0) is 44.1 Å². The lowest BCUT2D eigenvalue weighted by Crippen LogP contribution is -2.43. The standard InChI is InChI=1S/C14H20BrN3O3S.ClH/c15-11-2-1-3-13(10-11)22(20,21)17-9-6-14(19)18-12-4-7-16-8-5-12;/h1-3,10,12,16-17H,4-9H2,(H,18,19);1H. The summed E-state index contributed by atoms with van der Waals surface area (Å²) in [5, 5.41) is 6.16. The number of carbonyl (C=O) groups excluding carboxylic acids is 1. The maximum atomic E-state index is 12.1. The number of benzene rings is 1. The molecule has 1 aliphatic rings. The first-order valence-corrected chi connectivity index (χ1v) is 9.50. The van der Waals surface area contributed by atoms with Crippen LogP contribution in [-0.2, 0) is 14.8 Å². The van der Waals surface area contributed by atoms with Gasteiger partial charge >= 0.3 is 0 Å². The lowest BCUT2D eigenvalue weighted by Gasteiger charge is -2.23. The molecule has 23 heavy (non-hydrogen) atoms. The average molecular weight is 427 g/mol. The van der Waals surface area contributed by atoms with E-state index in [1.165, 1.54) is 12.1 Å². The number of sulfonamides is 1. The molecule has 0 radical (unpaired) electrons. The van der Waals surface area contributed by atoms with Crippen LogP contribution in [0.5, 0.6) is 0 Å². The zero-order valence-corrected chi connectivity index (χ0v) is 15.8. The maximum absolute atomic E-state index is 12.1. The van der Waals surface area contributed by atoms with E-state index >= 15 is 0 Å². The Balaban J connectivity index is 0.00000264. The SMILES string of the molecule is Cl.O=C(CCNS(=O)(=O)c1cccc(Br)c1)NC1CCNCC1. The smallest absolute Gasteiger partial charge is 0.240 e. The molecule has 1 aromatic rings. The molecule has 0 aromatic heterocycles. The van der Waals surface area contributed by atoms with Crippen molar-refractivity contribution in [1.29, 1.82) is 0 Å². The number of halogens is 2. The highest BCUT2D eigenvalue weighted by atomic mass is 79.9. The summed E-state index contributed by atoms with van der Waals surface area (Å²) in [7, 11) is -3.58. The summed E-state index contributed by atoms with van der Waals surface area (Å²) in [5.74, 6) is -0.121. The van der Waals surface area contributed by atoms with Crippen LogP contribution in [0.1, 0.15) is 19.3 Å². The zero-order valence-electron chi connectivity index (χ0n) is 12.5. The fraction of sp³-hybridized carbons (Fsp3) is 0.500. The van der Waals surface area contributed by atoms with Crippen LogP contribution in [0.3, 0.4) is 0 Å². The van der Waals surface area contributed by atoms with Crippen LogP contribution in [-0.4, -0.2) is 40.0 Å². The van der Waals surface area contributed by atoms with Crippen LogP contribution < -0.4 is 15.4 Å². The molecule has 0 spiro atoms. The number of nitrogens with one attached hydrogen (secondary N) is 3. The molecule has 1 aliphatic heterocycles. The van der Waals surface area contributed by atoms with Crippen molar-refractivity contribution in [2.45, 2.75) is 30.2 Å². The molecule has 130 valence electrons. The van der Waals surface area contributed by atoms with Crippen molar-refractivity contribution in [2.24, 2.45) is 0 Å². The second kappa shape index (κ2) is 9.58. The Morgan fingerprint density at radius 3 is 2.65 bits per heavy atom. The van der Waals surface area contributed by atoms with Gasteiger partial charge in [-0.15, -0.1) is 12.4 Å². The predicted octanol–water partition coefficient (Wildman–Crippen LogP) is 1.41. The molecule has 1 fully saturated rings. The van der Waals surface area contributed by atoms with Crippen LogP contribution in [0.25, 0.3) is 0 Å². The van der Waals surface area contributed by atoms with Crippen LogP contribution in [0, 0.1) is 0 Å². The van der Waals surface area contributed by atoms with E-state index in [0.717, 1.165) is 25.9 Å². The monoisotopic (exact) mass is 425 g/mol. The van der Waals surface area contributed by atoms with E-state index in [4.69, 9.17) is 0 Å². The molecule has 2 rings (SSSR count). The quantitative estimate of drug-likeness (QED) is 0.642. The highest BCUT2D eigenvalue weighted by Crippen LogP contribution is 2.15. The largest absolute Gasteiger partial charge is 0.353 e. The minimum absolute atomic E-state index is 0. The topological polar surface area (TPSA) is 87.3 Å². The molecular weight excluding hydrogens is 406 g/mol. The van der Waals surface area contributed by atoms with Gasteiger partial charge in [-0.3, -0.25) is 4.79 Å². The van der Waals surface area contributed by atoms with E-state index in [-0.39, 0.29) is 42.2 Å². The van der Waals surface area contributed by atoms with Crippen LogP contribution in [0.2, 0.25) is 0 Å². The maximum Gasteiger partial charge on any atom is 0.240 e. The molecule has 1 aromatic carbocycles. The van der Waals surface area contributed by atoms with Gasteiger partial charge in [0.15, 0.2) is 0 Å². The minimum Gasteiger partial charge on any atom is -0.353 e. The summed E-state index contributed by atoms with van der Waals surface area (Å²) in [6, 6.07) is 6.64. The van der Waals surface area contributed by atoms with Gasteiger partial charge in [0, 0.05) is 23.5 Å². The Morgan fingerprint density at radius 1 is 1.30 bits per heavy atom. The fourth-order valence-electron chi connectivity index (χ4n) is 2.28. The fourth-order valence-corrected chi connectivity index (χ4v) is 3.91. The highest BCUT2D eigenvalue weighted by molar-refractivity contribution is 9.10. The predicted molar refractivity (Wildman–Crippen MR) is 95.2 cm³/mol. The van der Waals surface area contributed by atoms with E-state index in [1.807, 2.05) is 0 Å². The second-order valence-electron chi connectivity index (χ2n) is 5.20. The van der Waals surface area contributed by atoms with E-state index in [2.05, 4.69) is 31.3 Å². The summed E-state index contributed by atoms with van der Waals surface area (Å²) in [6.07, 6.45) is 1.96. The first kappa shape index (κ1) is 20.4. The first-order valence-electron chi connectivity index (χ1n) is 7.23. The Bertz CT molecular complexity index is 621. The molecule has 1 amide bonds. The van der Waals surface area contributed by atoms with Crippen LogP contribution in [0.4, 0.5) is 0 Å². The average Bonchev–Trinajstić information content (AvgIpc) is 2.48. The molecule has 0 unspecified atom stereocenters. The van der Waals surface area contributed by atoms with Gasteiger partial charge < -0.3 is 10.6 Å². The van der Waals surface area contributed by atoms with Crippen molar-refractivity contribution in [1.82, 2.24) is 15.4 Å². The molecule has 1 heterocycles. The van der Waals surface area contributed by atoms with Gasteiger partial charge in [0.25, 0.3) is 0 Å². The molecule has 9 heteroatoms. The summed E-state index contributed by atoms with van der Waals surface area (Å²) in [6.45, 7) is 1.90. The Labute approximate surface area is 151 Å². The van der Waals surface area contributed by atoms with Crippen molar-refractivity contribution in [2.75, 3.05) is 19.6 Å². The number of rotatable bonds is 6. The summed E-state index contributed by atoms with van der Waals surface area (Å²) in [4.78, 5) is 12.0. The van der Waals surface area contributed by atoms with E-state index in [0.29, 0.717) is 4.47 Å². The molecule has 0 atom stereocenters. The van der Waals surface area contributed by atoms with Gasteiger partial charge in [-0.1, -0.05) is 22.0 Å². The number of hydrogen-bond acceptors (Lipinski definition) is 4. The van der Waals surface area contributed by atoms with Gasteiger partial charge in [0.1, 0.15) is 0 Å². The Hall–Kier alpha value is -0.670. The van der Waals surface area contributed by atoms with Gasteiger partial charge in [0.2, 0.25) is 15.9 Å². The minimum atomic E-state index is -3.58. The first-order chi connectivity index (χ1) is 10.5. The number of amides is 1. The van der Waals surface area contributed by atoms with E-state index in [1.54, 1.807) is 12.1 Å². The lowest BCUT2D eigenvalue weighted by molar-refractivity contribution is -0.121. The number of piperidine rings is 1. The molecule has 0 bridgehead atoms. The molecule has 3 N–H and O–H groups in total. The molecule has 0 saturated carbocycles. The Kier molecular flexibility index (Phi) is 8.49. The molecule has 6 nitrogen and oxygen atoms in total. The third-order valence-corrected chi connectivity index (χ3v) is 5.41. The highest BCUT2D eigenvalue weighted by Gasteiger charge is 2.17. The number of hydrogen-bond donors (Lipinski definition) is 3. The van der Waals surface area contributed by atoms with Crippen LogP contribution >= 0.6 is 28.3 Å². The van der Waals surface area contributed by atoms with Gasteiger partial charge in [-0.2, -0.15) is 0 Å². The van der Waals surface area contributed by atoms with Gasteiger partial charge in [0.05, 0.1) is 4.90 Å². The second-order valence-corrected chi connectivity index (χ2v) is 7.88. The van der Waals surface area contributed by atoms with Crippen LogP contribution in [0.15, 0.2) is 33.6 Å². The van der Waals surface area contributed by atoms with Crippen molar-refractivity contribution in [3.8, 4) is 0 Å². The summed E-state index contributed by atoms with van der Waals surface area (Å²) >= 11 is 3.24. The number of carbonyl (C=O) groups is 1. The van der Waals surface area contributed by atoms with Crippen molar-refractivity contribution >= 4 is 44.3 Å². The van der Waals surface area contributed by atoms with Crippen molar-refractivity contribution < 1.29 is 13.2 Å². The third kappa shape index (κ3) is 6.76. The van der Waals surface area contributed by atoms with Crippen molar-refractivity contribution in [3.63, 3.8) is 0 Å². The third-order valence-electron chi connectivity index (χ3n) is 3.45. The molecular formula is C14H21BrClN3O3S. The normalized spacial score (nSPS) is 15.7. The van der Waals surface area contributed by atoms with Crippen molar-refractivity contribution in [3.05, 3.63) is 28.7 Å². The van der Waals surface area contributed by atoms with E-state index < -0.39 is 10.0 Å². The Morgan fingerprint density at radius 2 is 2.00 bits per heavy atom.